The maximum atomic E-state index is 12.6. The molecule has 0 saturated carbocycles. The molecule has 3 amide bonds. The van der Waals surface area contributed by atoms with Gasteiger partial charge in [0, 0.05) is 11.6 Å². The number of amides is 3. The van der Waals surface area contributed by atoms with Gasteiger partial charge in [-0.1, -0.05) is 6.07 Å². The Morgan fingerprint density at radius 3 is 2.36 bits per heavy atom. The molecule has 3 rings (SSSR count). The van der Waals surface area contributed by atoms with Gasteiger partial charge in [0.1, 0.15) is 5.75 Å². The molecule has 0 unspecified atom stereocenters. The molecule has 0 aliphatic carbocycles. The van der Waals surface area contributed by atoms with Crippen LogP contribution < -0.4 is 5.32 Å². The average molecular weight is 382 g/mol. The van der Waals surface area contributed by atoms with Crippen LogP contribution in [0.2, 0.25) is 0 Å². The zero-order valence-electron chi connectivity index (χ0n) is 15.2. The summed E-state index contributed by atoms with van der Waals surface area (Å²) >= 11 is 0. The summed E-state index contributed by atoms with van der Waals surface area (Å²) in [6, 6.07) is 7.97. The van der Waals surface area contributed by atoms with Crippen molar-refractivity contribution in [2.24, 2.45) is 0 Å². The Labute approximate surface area is 160 Å². The molecular formula is C20H18N2O6. The molecule has 0 saturated heterocycles. The standard InChI is InChI=1S/C20H18N2O6/c1-10(2)22-19(27)13-5-4-12(9-14(13)20(22)28)18(26)21-15-7-11(8-17(24)25)3-6-16(15)23/h3-7,9-10,23H,8H2,1-2H3,(H,21,26)(H,24,25). The molecule has 0 radical (unpaired) electrons. The number of phenolic OH excluding ortho intramolecular Hbond substituents is 1. The van der Waals surface area contributed by atoms with E-state index >= 15 is 0 Å². The molecule has 1 heterocycles. The van der Waals surface area contributed by atoms with E-state index < -0.39 is 23.7 Å². The van der Waals surface area contributed by atoms with Crippen molar-refractivity contribution >= 4 is 29.4 Å². The highest BCUT2D eigenvalue weighted by Gasteiger charge is 2.37. The van der Waals surface area contributed by atoms with Crippen LogP contribution in [0.1, 0.15) is 50.5 Å². The van der Waals surface area contributed by atoms with E-state index in [2.05, 4.69) is 5.32 Å². The van der Waals surface area contributed by atoms with Crippen LogP contribution >= 0.6 is 0 Å². The zero-order chi connectivity index (χ0) is 20.6. The Balaban J connectivity index is 1.87. The lowest BCUT2D eigenvalue weighted by atomic mass is 10.0. The third-order valence-corrected chi connectivity index (χ3v) is 4.36. The predicted molar refractivity (Wildman–Crippen MR) is 99.5 cm³/mol. The van der Waals surface area contributed by atoms with Crippen molar-refractivity contribution in [1.82, 2.24) is 4.90 Å². The van der Waals surface area contributed by atoms with E-state index in [9.17, 15) is 24.3 Å². The van der Waals surface area contributed by atoms with Crippen LogP contribution in [0.3, 0.4) is 0 Å². The minimum Gasteiger partial charge on any atom is -0.506 e. The molecule has 1 aliphatic heterocycles. The van der Waals surface area contributed by atoms with Crippen molar-refractivity contribution in [3.63, 3.8) is 0 Å². The van der Waals surface area contributed by atoms with Crippen molar-refractivity contribution in [3.8, 4) is 5.75 Å². The molecule has 2 aromatic rings. The summed E-state index contributed by atoms with van der Waals surface area (Å²) in [7, 11) is 0. The lowest BCUT2D eigenvalue weighted by Crippen LogP contribution is -2.35. The van der Waals surface area contributed by atoms with E-state index in [1.54, 1.807) is 13.8 Å². The minimum atomic E-state index is -1.04. The second-order valence-corrected chi connectivity index (χ2v) is 6.71. The molecule has 1 aliphatic rings. The molecule has 0 atom stereocenters. The number of carbonyl (C=O) groups excluding carboxylic acids is 3. The van der Waals surface area contributed by atoms with E-state index in [0.29, 0.717) is 5.56 Å². The SMILES string of the molecule is CC(C)N1C(=O)c2ccc(C(=O)Nc3cc(CC(=O)O)ccc3O)cc2C1=O. The summed E-state index contributed by atoms with van der Waals surface area (Å²) in [6.45, 7) is 3.45. The number of benzene rings is 2. The second kappa shape index (κ2) is 7.15. The van der Waals surface area contributed by atoms with Crippen LogP contribution in [0.25, 0.3) is 0 Å². The van der Waals surface area contributed by atoms with Gasteiger partial charge in [-0.25, -0.2) is 0 Å². The van der Waals surface area contributed by atoms with Crippen LogP contribution in [-0.2, 0) is 11.2 Å². The number of hydrogen-bond acceptors (Lipinski definition) is 5. The fraction of sp³-hybridized carbons (Fsp3) is 0.200. The van der Waals surface area contributed by atoms with Gasteiger partial charge in [0.25, 0.3) is 17.7 Å². The maximum absolute atomic E-state index is 12.6. The number of nitrogens with zero attached hydrogens (tertiary/aromatic N) is 1. The smallest absolute Gasteiger partial charge is 0.307 e. The second-order valence-electron chi connectivity index (χ2n) is 6.71. The van der Waals surface area contributed by atoms with Crippen molar-refractivity contribution in [2.75, 3.05) is 5.32 Å². The Bertz CT molecular complexity index is 1010. The highest BCUT2D eigenvalue weighted by Crippen LogP contribution is 2.28. The third-order valence-electron chi connectivity index (χ3n) is 4.36. The highest BCUT2D eigenvalue weighted by atomic mass is 16.4. The van der Waals surface area contributed by atoms with Gasteiger partial charge < -0.3 is 15.5 Å². The van der Waals surface area contributed by atoms with E-state index in [1.165, 1.54) is 36.4 Å². The van der Waals surface area contributed by atoms with Crippen LogP contribution in [0.4, 0.5) is 5.69 Å². The zero-order valence-corrected chi connectivity index (χ0v) is 15.2. The highest BCUT2D eigenvalue weighted by molar-refractivity contribution is 6.22. The first-order valence-electron chi connectivity index (χ1n) is 8.56. The van der Waals surface area contributed by atoms with Gasteiger partial charge in [-0.3, -0.25) is 24.1 Å². The Kier molecular flexibility index (Phi) is 4.87. The molecule has 0 fully saturated rings. The number of carboxylic acids is 1. The molecule has 3 N–H and O–H groups in total. The molecule has 28 heavy (non-hydrogen) atoms. The summed E-state index contributed by atoms with van der Waals surface area (Å²) in [4.78, 5) is 49.3. The largest absolute Gasteiger partial charge is 0.506 e. The number of rotatable bonds is 5. The number of nitrogens with one attached hydrogen (secondary N) is 1. The summed E-state index contributed by atoms with van der Waals surface area (Å²) in [5.74, 6) is -2.73. The van der Waals surface area contributed by atoms with Gasteiger partial charge in [0.2, 0.25) is 0 Å². The maximum Gasteiger partial charge on any atom is 0.307 e. The van der Waals surface area contributed by atoms with Gasteiger partial charge in [-0.2, -0.15) is 0 Å². The number of hydrogen-bond donors (Lipinski definition) is 3. The number of aliphatic carboxylic acids is 1. The Morgan fingerprint density at radius 1 is 1.04 bits per heavy atom. The lowest BCUT2D eigenvalue weighted by Gasteiger charge is -2.17. The van der Waals surface area contributed by atoms with Gasteiger partial charge >= 0.3 is 5.97 Å². The van der Waals surface area contributed by atoms with Gasteiger partial charge in [0.05, 0.1) is 23.2 Å². The quantitative estimate of drug-likeness (QED) is 0.538. The predicted octanol–water partition coefficient (Wildman–Crippen LogP) is 2.28. The van der Waals surface area contributed by atoms with Crippen molar-refractivity contribution in [3.05, 3.63) is 58.7 Å². The fourth-order valence-corrected chi connectivity index (χ4v) is 3.03. The number of carboxylic acid groups (broad SMARTS) is 1. The summed E-state index contributed by atoms with van der Waals surface area (Å²) < 4.78 is 0. The first-order valence-corrected chi connectivity index (χ1v) is 8.56. The first-order chi connectivity index (χ1) is 13.2. The van der Waals surface area contributed by atoms with Crippen molar-refractivity contribution in [1.29, 1.82) is 0 Å². The molecule has 8 heteroatoms. The molecule has 0 bridgehead atoms. The molecule has 8 nitrogen and oxygen atoms in total. The number of aromatic hydroxyl groups is 1. The van der Waals surface area contributed by atoms with E-state index in [-0.39, 0.29) is 40.6 Å². The Hall–Kier alpha value is -3.68. The summed E-state index contributed by atoms with van der Waals surface area (Å²) in [6.07, 6.45) is -0.260. The number of imide groups is 1. The van der Waals surface area contributed by atoms with Crippen LogP contribution in [0.5, 0.6) is 5.75 Å². The van der Waals surface area contributed by atoms with E-state index in [4.69, 9.17) is 5.11 Å². The van der Waals surface area contributed by atoms with Crippen molar-refractivity contribution < 1.29 is 29.4 Å². The monoisotopic (exact) mass is 382 g/mol. The number of fused-ring (bicyclic) bond motifs is 1. The van der Waals surface area contributed by atoms with Crippen LogP contribution in [0.15, 0.2) is 36.4 Å². The fourth-order valence-electron chi connectivity index (χ4n) is 3.03. The summed E-state index contributed by atoms with van der Waals surface area (Å²) in [5.41, 5.74) is 0.976. The van der Waals surface area contributed by atoms with Gasteiger partial charge in [0.15, 0.2) is 0 Å². The normalized spacial score (nSPS) is 13.0. The van der Waals surface area contributed by atoms with E-state index in [1.807, 2.05) is 0 Å². The van der Waals surface area contributed by atoms with Crippen molar-refractivity contribution in [2.45, 2.75) is 26.3 Å². The summed E-state index contributed by atoms with van der Waals surface area (Å²) in [5, 5.41) is 21.3. The van der Waals surface area contributed by atoms with Gasteiger partial charge in [-0.15, -0.1) is 0 Å². The van der Waals surface area contributed by atoms with Crippen LogP contribution in [-0.4, -0.2) is 44.8 Å². The Morgan fingerprint density at radius 2 is 1.71 bits per heavy atom. The topological polar surface area (TPSA) is 124 Å². The number of anilines is 1. The number of phenols is 1. The molecular weight excluding hydrogens is 364 g/mol. The van der Waals surface area contributed by atoms with E-state index in [0.717, 1.165) is 4.90 Å². The molecule has 144 valence electrons. The molecule has 0 spiro atoms. The molecule has 0 aromatic heterocycles. The minimum absolute atomic E-state index is 0.0514. The molecule has 2 aromatic carbocycles. The lowest BCUT2D eigenvalue weighted by molar-refractivity contribution is -0.136. The van der Waals surface area contributed by atoms with Crippen LogP contribution in [0, 0.1) is 0 Å². The first kappa shape index (κ1) is 19.1. The average Bonchev–Trinajstić information content (AvgIpc) is 2.87. The van der Waals surface area contributed by atoms with Gasteiger partial charge in [-0.05, 0) is 49.7 Å². The third kappa shape index (κ3) is 3.44. The number of carbonyl (C=O) groups is 4.